The molecule has 6 heteroatoms. The molecule has 108 valence electrons. The minimum atomic E-state index is -0.108. The third-order valence-corrected chi connectivity index (χ3v) is 3.60. The van der Waals surface area contributed by atoms with Gasteiger partial charge in [0.1, 0.15) is 27.5 Å². The molecule has 1 atom stereocenters. The van der Waals surface area contributed by atoms with Gasteiger partial charge in [-0.15, -0.1) is 0 Å². The second-order valence-corrected chi connectivity index (χ2v) is 6.13. The topological polar surface area (TPSA) is 18.5 Å². The number of ether oxygens (including phenoxy) is 2. The Balaban J connectivity index is 1.99. The molecule has 1 aromatic rings. The van der Waals surface area contributed by atoms with Crippen molar-refractivity contribution in [3.63, 3.8) is 0 Å². The second-order valence-electron chi connectivity index (χ2n) is 4.23. The number of benzene rings is 1. The summed E-state index contributed by atoms with van der Waals surface area (Å²) in [6, 6.07) is 9.42. The minimum absolute atomic E-state index is 0.0836. The van der Waals surface area contributed by atoms with Crippen LogP contribution >= 0.6 is 46.4 Å². The summed E-state index contributed by atoms with van der Waals surface area (Å²) in [5.74, 6) is 1.04. The van der Waals surface area contributed by atoms with Gasteiger partial charge >= 0.3 is 0 Å². The average molecular weight is 354 g/mol. The monoisotopic (exact) mass is 352 g/mol. The highest BCUT2D eigenvalue weighted by atomic mass is 35.5. The predicted molar refractivity (Wildman–Crippen MR) is 83.9 cm³/mol. The van der Waals surface area contributed by atoms with Crippen LogP contribution in [0.1, 0.15) is 18.4 Å². The van der Waals surface area contributed by atoms with E-state index in [0.717, 1.165) is 12.0 Å². The van der Waals surface area contributed by atoms with Crippen LogP contribution in [0.15, 0.2) is 45.1 Å². The number of hydrogen-bond donors (Lipinski definition) is 0. The molecule has 1 heterocycles. The molecule has 0 radical (unpaired) electrons. The zero-order valence-corrected chi connectivity index (χ0v) is 13.4. The first-order valence-corrected chi connectivity index (χ1v) is 7.53. The maximum absolute atomic E-state index is 5.87. The Morgan fingerprint density at radius 1 is 1.15 bits per heavy atom. The lowest BCUT2D eigenvalue weighted by molar-refractivity contribution is 0.0898. The van der Waals surface area contributed by atoms with Gasteiger partial charge in [-0.2, -0.15) is 0 Å². The molecule has 0 unspecified atom stereocenters. The lowest BCUT2D eigenvalue weighted by Gasteiger charge is -2.15. The van der Waals surface area contributed by atoms with Crippen molar-refractivity contribution in [2.24, 2.45) is 0 Å². The molecule has 0 amide bonds. The molecule has 20 heavy (non-hydrogen) atoms. The van der Waals surface area contributed by atoms with Gasteiger partial charge < -0.3 is 9.47 Å². The Morgan fingerprint density at radius 2 is 1.85 bits per heavy atom. The number of hydrogen-bond acceptors (Lipinski definition) is 2. The molecule has 0 saturated carbocycles. The van der Waals surface area contributed by atoms with Gasteiger partial charge in [0, 0.05) is 12.0 Å². The fourth-order valence-electron chi connectivity index (χ4n) is 1.88. The Kier molecular flexibility index (Phi) is 5.91. The molecule has 2 rings (SSSR count). The van der Waals surface area contributed by atoms with Crippen LogP contribution in [0.2, 0.25) is 0 Å². The SMILES string of the molecule is ClC(Cl)=C1CC[C@H](COC(=C(Cl)Cl)c2ccccc2)O1. The summed E-state index contributed by atoms with van der Waals surface area (Å²) >= 11 is 23.1. The minimum Gasteiger partial charge on any atom is -0.489 e. The summed E-state index contributed by atoms with van der Waals surface area (Å²) in [7, 11) is 0. The van der Waals surface area contributed by atoms with Crippen molar-refractivity contribution < 1.29 is 9.47 Å². The van der Waals surface area contributed by atoms with Crippen LogP contribution in [-0.2, 0) is 9.47 Å². The van der Waals surface area contributed by atoms with Crippen molar-refractivity contribution in [3.8, 4) is 0 Å². The van der Waals surface area contributed by atoms with Gasteiger partial charge in [-0.25, -0.2) is 0 Å². The fourth-order valence-corrected chi connectivity index (χ4v) is 2.49. The summed E-state index contributed by atoms with van der Waals surface area (Å²) in [5.41, 5.74) is 0.816. The van der Waals surface area contributed by atoms with Crippen molar-refractivity contribution in [1.29, 1.82) is 0 Å². The van der Waals surface area contributed by atoms with Crippen molar-refractivity contribution in [1.82, 2.24) is 0 Å². The normalized spacial score (nSPS) is 17.6. The van der Waals surface area contributed by atoms with Crippen molar-refractivity contribution in [2.75, 3.05) is 6.61 Å². The maximum Gasteiger partial charge on any atom is 0.156 e. The van der Waals surface area contributed by atoms with E-state index in [1.54, 1.807) is 0 Å². The highest BCUT2D eigenvalue weighted by Crippen LogP contribution is 2.31. The van der Waals surface area contributed by atoms with E-state index in [-0.39, 0.29) is 15.1 Å². The zero-order chi connectivity index (χ0) is 14.5. The summed E-state index contributed by atoms with van der Waals surface area (Å²) in [5, 5.41) is 0. The summed E-state index contributed by atoms with van der Waals surface area (Å²) in [6.45, 7) is 0.331. The predicted octanol–water partition coefficient (Wildman–Crippen LogP) is 5.63. The molecule has 1 fully saturated rings. The van der Waals surface area contributed by atoms with E-state index in [0.29, 0.717) is 24.5 Å². The molecule has 1 saturated heterocycles. The first kappa shape index (κ1) is 15.8. The van der Waals surface area contributed by atoms with E-state index >= 15 is 0 Å². The van der Waals surface area contributed by atoms with Crippen LogP contribution in [0.3, 0.4) is 0 Å². The third kappa shape index (κ3) is 4.23. The molecular formula is C14H12Cl4O2. The van der Waals surface area contributed by atoms with Gasteiger partial charge in [0.05, 0.1) is 0 Å². The van der Waals surface area contributed by atoms with Crippen LogP contribution < -0.4 is 0 Å². The summed E-state index contributed by atoms with van der Waals surface area (Å²) < 4.78 is 11.5. The van der Waals surface area contributed by atoms with E-state index in [2.05, 4.69) is 0 Å². The standard InChI is InChI=1S/C14H12Cl4O2/c15-13(16)11-7-6-10(20-11)8-19-12(14(17)18)9-4-2-1-3-5-9/h1-5,10H,6-8H2/t10-/m1/s1. The molecular weight excluding hydrogens is 342 g/mol. The third-order valence-electron chi connectivity index (χ3n) is 2.83. The van der Waals surface area contributed by atoms with Crippen LogP contribution in [0.25, 0.3) is 5.76 Å². The van der Waals surface area contributed by atoms with Gasteiger partial charge in [0.25, 0.3) is 0 Å². The van der Waals surface area contributed by atoms with Gasteiger partial charge in [0.2, 0.25) is 0 Å². The largest absolute Gasteiger partial charge is 0.489 e. The highest BCUT2D eigenvalue weighted by molar-refractivity contribution is 6.58. The second kappa shape index (κ2) is 7.46. The fraction of sp³-hybridized carbons (Fsp3) is 0.286. The van der Waals surface area contributed by atoms with Crippen molar-refractivity contribution >= 4 is 52.2 Å². The molecule has 0 aromatic heterocycles. The van der Waals surface area contributed by atoms with E-state index in [4.69, 9.17) is 55.9 Å². The first-order valence-electron chi connectivity index (χ1n) is 6.02. The molecule has 0 aliphatic carbocycles. The molecule has 0 spiro atoms. The zero-order valence-electron chi connectivity index (χ0n) is 10.4. The lowest BCUT2D eigenvalue weighted by Crippen LogP contribution is -2.13. The molecule has 1 aliphatic heterocycles. The Hall–Kier alpha value is -0.540. The van der Waals surface area contributed by atoms with E-state index in [1.807, 2.05) is 30.3 Å². The first-order chi connectivity index (χ1) is 9.58. The van der Waals surface area contributed by atoms with E-state index < -0.39 is 0 Å². The highest BCUT2D eigenvalue weighted by Gasteiger charge is 2.24. The molecule has 1 aromatic carbocycles. The number of rotatable bonds is 4. The smallest absolute Gasteiger partial charge is 0.156 e. The van der Waals surface area contributed by atoms with Gasteiger partial charge in [-0.3, -0.25) is 0 Å². The Labute approximate surface area is 137 Å². The van der Waals surface area contributed by atoms with Crippen molar-refractivity contribution in [2.45, 2.75) is 18.9 Å². The van der Waals surface area contributed by atoms with Crippen LogP contribution in [-0.4, -0.2) is 12.7 Å². The van der Waals surface area contributed by atoms with Gasteiger partial charge in [0.15, 0.2) is 5.76 Å². The molecule has 1 aliphatic rings. The molecule has 2 nitrogen and oxygen atoms in total. The van der Waals surface area contributed by atoms with E-state index in [1.165, 1.54) is 0 Å². The molecule has 0 N–H and O–H groups in total. The van der Waals surface area contributed by atoms with Gasteiger partial charge in [-0.05, 0) is 6.42 Å². The van der Waals surface area contributed by atoms with Crippen LogP contribution in [0, 0.1) is 0 Å². The number of allylic oxidation sites excluding steroid dienone is 1. The van der Waals surface area contributed by atoms with Crippen LogP contribution in [0.4, 0.5) is 0 Å². The van der Waals surface area contributed by atoms with Crippen molar-refractivity contribution in [3.05, 3.63) is 50.6 Å². The maximum atomic E-state index is 5.87. The average Bonchev–Trinajstić information content (AvgIpc) is 2.89. The quantitative estimate of drug-likeness (QED) is 0.653. The lowest BCUT2D eigenvalue weighted by atomic mass is 10.2. The summed E-state index contributed by atoms with van der Waals surface area (Å²) in [6.07, 6.45) is 1.39. The Morgan fingerprint density at radius 3 is 2.40 bits per heavy atom. The molecule has 0 bridgehead atoms. The van der Waals surface area contributed by atoms with Crippen LogP contribution in [0.5, 0.6) is 0 Å². The number of halogens is 4. The van der Waals surface area contributed by atoms with E-state index in [9.17, 15) is 0 Å². The summed E-state index contributed by atoms with van der Waals surface area (Å²) in [4.78, 5) is 0. The Bertz CT molecular complexity index is 517. The van der Waals surface area contributed by atoms with Gasteiger partial charge in [-0.1, -0.05) is 76.7 Å².